The van der Waals surface area contributed by atoms with Crippen LogP contribution in [0, 0.1) is 0 Å². The van der Waals surface area contributed by atoms with Gasteiger partial charge >= 0.3 is 156 Å². The first-order valence-corrected chi connectivity index (χ1v) is 18.5. The molecule has 0 radical (unpaired) electrons. The maximum atomic E-state index is 10.7. The Labute approximate surface area is 155 Å². The molecule has 0 atom stereocenters. The van der Waals surface area contributed by atoms with E-state index in [1.165, 1.54) is 49.9 Å². The molecule has 0 fully saturated rings. The third-order valence-corrected chi connectivity index (χ3v) is 20.2. The van der Waals surface area contributed by atoms with Crippen LogP contribution in [0.5, 0.6) is 0 Å². The monoisotopic (exact) mass is 446 g/mol. The molecule has 0 saturated heterocycles. The van der Waals surface area contributed by atoms with E-state index in [-0.39, 0.29) is 5.97 Å². The van der Waals surface area contributed by atoms with Crippen molar-refractivity contribution in [3.8, 4) is 0 Å². The summed E-state index contributed by atoms with van der Waals surface area (Å²) in [7, 11) is 0. The Morgan fingerprint density at radius 2 is 1.38 bits per heavy atom. The molecule has 0 saturated carbocycles. The van der Waals surface area contributed by atoms with Crippen molar-refractivity contribution >= 4 is 24.3 Å². The van der Waals surface area contributed by atoms with Crippen LogP contribution in [0.2, 0.25) is 17.7 Å². The van der Waals surface area contributed by atoms with Gasteiger partial charge in [-0.05, 0) is 0 Å². The van der Waals surface area contributed by atoms with Gasteiger partial charge in [-0.3, -0.25) is 0 Å². The molecule has 0 amide bonds. The van der Waals surface area contributed by atoms with Gasteiger partial charge in [-0.15, -0.1) is 0 Å². The predicted octanol–water partition coefficient (Wildman–Crippen LogP) is 7.13. The van der Waals surface area contributed by atoms with E-state index in [2.05, 4.69) is 32.9 Å². The first kappa shape index (κ1) is 24.0. The molecule has 0 aromatic rings. The summed E-state index contributed by atoms with van der Waals surface area (Å²) < 4.78 is 11.2. The number of hydrogen-bond donors (Lipinski definition) is 0. The van der Waals surface area contributed by atoms with E-state index in [4.69, 9.17) is 4.74 Å². The number of esters is 1. The number of carbonyl (C=O) groups is 1. The Kier molecular flexibility index (Phi) is 16.5. The van der Waals surface area contributed by atoms with E-state index in [1.54, 1.807) is 13.3 Å². The second-order valence-corrected chi connectivity index (χ2v) is 21.3. The molecule has 142 valence electrons. The molecule has 0 rings (SSSR count). The standard InChI is InChI=1S/C9H15O2.3C4H9.Sn/c1-3-4-5-6-7-8-11-9(2)10;3*1-3-4-2;/h3-4H,1,5-8H2,2H3;3*1,3-4H2,2H3;/b4-3+;;;;. The molecule has 2 nitrogen and oxygen atoms in total. The number of hydrogen-bond acceptors (Lipinski definition) is 2. The van der Waals surface area contributed by atoms with Crippen molar-refractivity contribution in [2.75, 3.05) is 6.61 Å². The van der Waals surface area contributed by atoms with Crippen molar-refractivity contribution in [3.63, 3.8) is 0 Å². The van der Waals surface area contributed by atoms with Crippen molar-refractivity contribution in [2.24, 2.45) is 0 Å². The molecule has 0 aliphatic carbocycles. The number of carbonyl (C=O) groups excluding carboxylic acids is 1. The van der Waals surface area contributed by atoms with Gasteiger partial charge in [0.2, 0.25) is 0 Å². The average molecular weight is 445 g/mol. The van der Waals surface area contributed by atoms with Crippen LogP contribution in [0.25, 0.3) is 0 Å². The zero-order chi connectivity index (χ0) is 18.1. The molecule has 0 aliphatic rings. The van der Waals surface area contributed by atoms with Gasteiger partial charge in [0.15, 0.2) is 0 Å². The second-order valence-electron chi connectivity index (χ2n) is 7.32. The van der Waals surface area contributed by atoms with E-state index >= 15 is 0 Å². The van der Waals surface area contributed by atoms with Crippen LogP contribution in [0.15, 0.2) is 12.2 Å². The molecular weight excluding hydrogens is 403 g/mol. The van der Waals surface area contributed by atoms with Crippen molar-refractivity contribution < 1.29 is 9.53 Å². The minimum atomic E-state index is -1.95. The summed E-state index contributed by atoms with van der Waals surface area (Å²) in [6.45, 7) is 9.09. The fourth-order valence-electron chi connectivity index (χ4n) is 3.37. The van der Waals surface area contributed by atoms with Gasteiger partial charge in [-0.25, -0.2) is 0 Å². The zero-order valence-electron chi connectivity index (χ0n) is 16.9. The van der Waals surface area contributed by atoms with Crippen LogP contribution in [0.3, 0.4) is 0 Å². The Morgan fingerprint density at radius 1 is 0.833 bits per heavy atom. The number of rotatable bonds is 16. The van der Waals surface area contributed by atoms with Crippen LogP contribution in [0.4, 0.5) is 0 Å². The normalized spacial score (nSPS) is 12.0. The fraction of sp³-hybridized carbons (Fsp3) is 0.857. The first-order chi connectivity index (χ1) is 11.6. The van der Waals surface area contributed by atoms with E-state index < -0.39 is 18.4 Å². The molecule has 0 heterocycles. The Hall–Kier alpha value is 0.00870. The van der Waals surface area contributed by atoms with E-state index in [0.717, 1.165) is 19.3 Å². The number of allylic oxidation sites excluding steroid dienone is 2. The van der Waals surface area contributed by atoms with Gasteiger partial charge in [0.1, 0.15) is 0 Å². The second kappa shape index (κ2) is 16.5. The summed E-state index contributed by atoms with van der Waals surface area (Å²) in [4.78, 5) is 10.7. The Balaban J connectivity index is 4.33. The molecule has 0 aromatic heterocycles. The molecule has 0 aliphatic heterocycles. The van der Waals surface area contributed by atoms with Crippen LogP contribution in [0.1, 0.15) is 85.5 Å². The Bertz CT molecular complexity index is 304. The van der Waals surface area contributed by atoms with Crippen LogP contribution < -0.4 is 0 Å². The molecule has 0 spiro atoms. The van der Waals surface area contributed by atoms with E-state index in [0.29, 0.717) is 6.61 Å². The number of unbranched alkanes of at least 4 members (excludes halogenated alkanes) is 5. The SMILES string of the molecule is CCC[CH2][Sn]([CH2]/C=C/CCCCOC(C)=O)([CH2]CCC)[CH2]CCC. The van der Waals surface area contributed by atoms with Gasteiger partial charge in [-0.2, -0.15) is 0 Å². The third kappa shape index (κ3) is 13.3. The number of ether oxygens (including phenoxy) is 1. The summed E-state index contributed by atoms with van der Waals surface area (Å²) in [6, 6.07) is 0. The summed E-state index contributed by atoms with van der Waals surface area (Å²) in [5.74, 6) is -0.160. The van der Waals surface area contributed by atoms with Crippen LogP contribution in [-0.4, -0.2) is 31.0 Å². The van der Waals surface area contributed by atoms with E-state index in [1.807, 2.05) is 0 Å². The van der Waals surface area contributed by atoms with Crippen molar-refractivity contribution in [1.29, 1.82) is 0 Å². The fourth-order valence-corrected chi connectivity index (χ4v) is 18.6. The zero-order valence-corrected chi connectivity index (χ0v) is 19.7. The minimum absolute atomic E-state index is 0.160. The molecule has 0 bridgehead atoms. The van der Waals surface area contributed by atoms with Gasteiger partial charge in [0.25, 0.3) is 0 Å². The molecule has 0 aromatic carbocycles. The first-order valence-electron chi connectivity index (χ1n) is 10.4. The topological polar surface area (TPSA) is 26.3 Å². The molecule has 24 heavy (non-hydrogen) atoms. The van der Waals surface area contributed by atoms with Gasteiger partial charge in [-0.1, -0.05) is 0 Å². The van der Waals surface area contributed by atoms with Gasteiger partial charge in [0, 0.05) is 0 Å². The Morgan fingerprint density at radius 3 is 1.83 bits per heavy atom. The van der Waals surface area contributed by atoms with Crippen molar-refractivity contribution in [2.45, 2.75) is 103 Å². The third-order valence-electron chi connectivity index (χ3n) is 4.97. The van der Waals surface area contributed by atoms with Crippen LogP contribution in [-0.2, 0) is 9.53 Å². The van der Waals surface area contributed by atoms with Crippen molar-refractivity contribution in [3.05, 3.63) is 12.2 Å². The predicted molar refractivity (Wildman–Crippen MR) is 109 cm³/mol. The summed E-state index contributed by atoms with van der Waals surface area (Å²) in [5, 5.41) is 0. The van der Waals surface area contributed by atoms with Crippen molar-refractivity contribution in [1.82, 2.24) is 0 Å². The summed E-state index contributed by atoms with van der Waals surface area (Å²) in [5.41, 5.74) is 0. The maximum absolute atomic E-state index is 10.7. The van der Waals surface area contributed by atoms with Gasteiger partial charge in [0.05, 0.1) is 0 Å². The summed E-state index contributed by atoms with van der Waals surface area (Å²) >= 11 is -1.95. The summed E-state index contributed by atoms with van der Waals surface area (Å²) in [6.07, 6.45) is 16.6. The van der Waals surface area contributed by atoms with Gasteiger partial charge < -0.3 is 0 Å². The molecule has 0 unspecified atom stereocenters. The quantitative estimate of drug-likeness (QED) is 0.109. The van der Waals surface area contributed by atoms with Crippen LogP contribution >= 0.6 is 0 Å². The molecule has 0 N–H and O–H groups in total. The molecular formula is C21H42O2Sn. The molecule has 3 heteroatoms. The average Bonchev–Trinajstić information content (AvgIpc) is 2.57. The van der Waals surface area contributed by atoms with E-state index in [9.17, 15) is 4.79 Å².